The van der Waals surface area contributed by atoms with Crippen LogP contribution in [0.4, 0.5) is 4.79 Å². The molecule has 2 rings (SSSR count). The molecule has 0 saturated heterocycles. The molecule has 0 aliphatic heterocycles. The molecule has 0 aliphatic carbocycles. The standard InChI is InChI=1S/C13H15BrN4O3/c1-7(2)6-18(13(20)21)17-12(19)9-3-8(14)4-11-10(9)5-15-16-11/h3-5,7H,6H2,1-2H3,(H,15,16)(H,17,19)(H,20,21). The first-order chi connectivity index (χ1) is 9.88. The van der Waals surface area contributed by atoms with E-state index in [9.17, 15) is 9.59 Å². The highest BCUT2D eigenvalue weighted by molar-refractivity contribution is 9.10. The third-order valence-corrected chi connectivity index (χ3v) is 3.24. The highest BCUT2D eigenvalue weighted by Gasteiger charge is 2.19. The van der Waals surface area contributed by atoms with Crippen molar-refractivity contribution in [1.82, 2.24) is 20.6 Å². The van der Waals surface area contributed by atoms with E-state index in [1.165, 1.54) is 6.20 Å². The highest BCUT2D eigenvalue weighted by atomic mass is 79.9. The van der Waals surface area contributed by atoms with Gasteiger partial charge in [-0.3, -0.25) is 15.3 Å². The van der Waals surface area contributed by atoms with Gasteiger partial charge in [0.25, 0.3) is 5.91 Å². The van der Waals surface area contributed by atoms with Crippen LogP contribution in [-0.4, -0.2) is 38.9 Å². The largest absolute Gasteiger partial charge is 0.464 e. The molecule has 0 fully saturated rings. The van der Waals surface area contributed by atoms with Crippen molar-refractivity contribution in [2.45, 2.75) is 13.8 Å². The lowest BCUT2D eigenvalue weighted by Gasteiger charge is -2.22. The Kier molecular flexibility index (Phi) is 4.46. The molecule has 0 aliphatic rings. The number of carbonyl (C=O) groups excluding carboxylic acids is 1. The average Bonchev–Trinajstić information content (AvgIpc) is 2.83. The number of halogens is 1. The first-order valence-electron chi connectivity index (χ1n) is 6.32. The zero-order chi connectivity index (χ0) is 15.6. The second kappa shape index (κ2) is 6.13. The average molecular weight is 355 g/mol. The molecule has 112 valence electrons. The number of aromatic nitrogens is 2. The summed E-state index contributed by atoms with van der Waals surface area (Å²) >= 11 is 3.31. The number of H-pyrrole nitrogens is 1. The minimum Gasteiger partial charge on any atom is -0.464 e. The SMILES string of the molecule is CC(C)CN(NC(=O)c1cc(Br)cc2[nH]ncc12)C(=O)O. The van der Waals surface area contributed by atoms with Crippen molar-refractivity contribution in [3.63, 3.8) is 0 Å². The van der Waals surface area contributed by atoms with E-state index in [1.54, 1.807) is 12.1 Å². The molecule has 1 heterocycles. The Morgan fingerprint density at radius 2 is 2.19 bits per heavy atom. The Labute approximate surface area is 129 Å². The van der Waals surface area contributed by atoms with Crippen LogP contribution in [0.15, 0.2) is 22.8 Å². The summed E-state index contributed by atoms with van der Waals surface area (Å²) in [7, 11) is 0. The Morgan fingerprint density at radius 1 is 1.48 bits per heavy atom. The van der Waals surface area contributed by atoms with Crippen molar-refractivity contribution < 1.29 is 14.7 Å². The number of carboxylic acid groups (broad SMARTS) is 1. The molecule has 1 aromatic heterocycles. The predicted molar refractivity (Wildman–Crippen MR) is 80.8 cm³/mol. The van der Waals surface area contributed by atoms with Crippen LogP contribution in [0.2, 0.25) is 0 Å². The first-order valence-corrected chi connectivity index (χ1v) is 7.12. The molecule has 21 heavy (non-hydrogen) atoms. The summed E-state index contributed by atoms with van der Waals surface area (Å²) in [5, 5.41) is 17.3. The van der Waals surface area contributed by atoms with Gasteiger partial charge in [0, 0.05) is 16.4 Å². The lowest BCUT2D eigenvalue weighted by molar-refractivity contribution is 0.0733. The molecular weight excluding hydrogens is 340 g/mol. The number of amides is 2. The Balaban J connectivity index is 2.29. The number of rotatable bonds is 3. The Hall–Kier alpha value is -2.09. The first kappa shape index (κ1) is 15.3. The van der Waals surface area contributed by atoms with Crippen LogP contribution in [0.25, 0.3) is 10.9 Å². The molecule has 0 saturated carbocycles. The molecule has 0 unspecified atom stereocenters. The van der Waals surface area contributed by atoms with Crippen molar-refractivity contribution in [3.8, 4) is 0 Å². The van der Waals surface area contributed by atoms with Crippen molar-refractivity contribution in [1.29, 1.82) is 0 Å². The van der Waals surface area contributed by atoms with E-state index in [0.717, 1.165) is 5.01 Å². The second-order valence-corrected chi connectivity index (χ2v) is 5.93. The highest BCUT2D eigenvalue weighted by Crippen LogP contribution is 2.22. The number of hydrazine groups is 1. The van der Waals surface area contributed by atoms with Crippen LogP contribution >= 0.6 is 15.9 Å². The number of hydrogen-bond donors (Lipinski definition) is 3. The van der Waals surface area contributed by atoms with E-state index < -0.39 is 12.0 Å². The Bertz CT molecular complexity index is 683. The quantitative estimate of drug-likeness (QED) is 0.737. The fraction of sp³-hybridized carbons (Fsp3) is 0.308. The summed E-state index contributed by atoms with van der Waals surface area (Å²) in [5.41, 5.74) is 3.45. The van der Waals surface area contributed by atoms with Gasteiger partial charge in [-0.25, -0.2) is 9.80 Å². The lowest BCUT2D eigenvalue weighted by Crippen LogP contribution is -2.47. The summed E-state index contributed by atoms with van der Waals surface area (Å²) in [6.07, 6.45) is 0.333. The van der Waals surface area contributed by atoms with Gasteiger partial charge in [0.1, 0.15) is 0 Å². The van der Waals surface area contributed by atoms with E-state index in [0.29, 0.717) is 20.9 Å². The maximum Gasteiger partial charge on any atom is 0.426 e. The van der Waals surface area contributed by atoms with Gasteiger partial charge in [-0.1, -0.05) is 29.8 Å². The van der Waals surface area contributed by atoms with Crippen LogP contribution in [0.3, 0.4) is 0 Å². The van der Waals surface area contributed by atoms with Gasteiger partial charge in [-0.15, -0.1) is 0 Å². The number of carbonyl (C=O) groups is 2. The van der Waals surface area contributed by atoms with E-state index in [4.69, 9.17) is 5.11 Å². The van der Waals surface area contributed by atoms with Gasteiger partial charge in [0.15, 0.2) is 0 Å². The molecule has 2 aromatic rings. The monoisotopic (exact) mass is 354 g/mol. The molecule has 8 heteroatoms. The van der Waals surface area contributed by atoms with E-state index >= 15 is 0 Å². The van der Waals surface area contributed by atoms with Crippen molar-refractivity contribution >= 4 is 38.8 Å². The van der Waals surface area contributed by atoms with Crippen LogP contribution in [0.5, 0.6) is 0 Å². The maximum absolute atomic E-state index is 12.3. The number of benzene rings is 1. The summed E-state index contributed by atoms with van der Waals surface area (Å²) in [5.74, 6) is -0.399. The predicted octanol–water partition coefficient (Wildman–Crippen LogP) is 2.61. The third-order valence-electron chi connectivity index (χ3n) is 2.78. The van der Waals surface area contributed by atoms with Gasteiger partial charge >= 0.3 is 6.09 Å². The molecule has 0 atom stereocenters. The normalized spacial score (nSPS) is 10.9. The molecule has 0 radical (unpaired) electrons. The third kappa shape index (κ3) is 3.52. The van der Waals surface area contributed by atoms with Crippen molar-refractivity contribution in [3.05, 3.63) is 28.4 Å². The van der Waals surface area contributed by atoms with E-state index in [2.05, 4.69) is 31.6 Å². The van der Waals surface area contributed by atoms with Crippen LogP contribution in [0, 0.1) is 5.92 Å². The van der Waals surface area contributed by atoms with Crippen LogP contribution in [-0.2, 0) is 0 Å². The van der Waals surface area contributed by atoms with Gasteiger partial charge in [0.2, 0.25) is 0 Å². The fourth-order valence-electron chi connectivity index (χ4n) is 1.92. The van der Waals surface area contributed by atoms with E-state index in [1.807, 2.05) is 13.8 Å². The molecule has 0 spiro atoms. The zero-order valence-electron chi connectivity index (χ0n) is 11.6. The molecule has 0 bridgehead atoms. The number of nitrogens with one attached hydrogen (secondary N) is 2. The topological polar surface area (TPSA) is 98.3 Å². The smallest absolute Gasteiger partial charge is 0.426 e. The summed E-state index contributed by atoms with van der Waals surface area (Å²) < 4.78 is 0.704. The number of fused-ring (bicyclic) bond motifs is 1. The number of aromatic amines is 1. The van der Waals surface area contributed by atoms with Gasteiger partial charge in [-0.2, -0.15) is 5.10 Å². The maximum atomic E-state index is 12.3. The minimum atomic E-state index is -1.20. The van der Waals surface area contributed by atoms with Gasteiger partial charge in [-0.05, 0) is 18.1 Å². The summed E-state index contributed by atoms with van der Waals surface area (Å²) in [4.78, 5) is 23.5. The molecule has 7 nitrogen and oxygen atoms in total. The number of nitrogens with zero attached hydrogens (tertiary/aromatic N) is 2. The molecular formula is C13H15BrN4O3. The molecule has 1 aromatic carbocycles. The summed E-state index contributed by atoms with van der Waals surface area (Å²) in [6.45, 7) is 3.95. The van der Waals surface area contributed by atoms with E-state index in [-0.39, 0.29) is 12.5 Å². The van der Waals surface area contributed by atoms with Crippen molar-refractivity contribution in [2.75, 3.05) is 6.54 Å². The van der Waals surface area contributed by atoms with Gasteiger partial charge < -0.3 is 5.11 Å². The van der Waals surface area contributed by atoms with Gasteiger partial charge in [0.05, 0.1) is 17.3 Å². The Morgan fingerprint density at radius 3 is 2.81 bits per heavy atom. The fourth-order valence-corrected chi connectivity index (χ4v) is 2.38. The molecule has 2 amide bonds. The second-order valence-electron chi connectivity index (χ2n) is 5.01. The molecule has 3 N–H and O–H groups in total. The minimum absolute atomic E-state index is 0.0952. The van der Waals surface area contributed by atoms with Crippen molar-refractivity contribution in [2.24, 2.45) is 5.92 Å². The lowest BCUT2D eigenvalue weighted by atomic mass is 10.1. The summed E-state index contributed by atoms with van der Waals surface area (Å²) in [6, 6.07) is 3.42. The zero-order valence-corrected chi connectivity index (χ0v) is 13.1. The van der Waals surface area contributed by atoms with Crippen LogP contribution in [0.1, 0.15) is 24.2 Å². The number of hydrogen-bond acceptors (Lipinski definition) is 3. The van der Waals surface area contributed by atoms with Crippen LogP contribution < -0.4 is 5.43 Å².